The van der Waals surface area contributed by atoms with Crippen LogP contribution in [-0.2, 0) is 4.79 Å². The summed E-state index contributed by atoms with van der Waals surface area (Å²) in [6, 6.07) is 2.14. The van der Waals surface area contributed by atoms with Crippen LogP contribution in [0.25, 0.3) is 0 Å². The van der Waals surface area contributed by atoms with Gasteiger partial charge in [-0.15, -0.1) is 0 Å². The Bertz CT molecular complexity index is 407. The summed E-state index contributed by atoms with van der Waals surface area (Å²) < 4.78 is 25.8. The minimum atomic E-state index is -1.15. The first-order valence-corrected chi connectivity index (χ1v) is 4.60. The number of nitrogens with two attached hydrogens (primary N) is 1. The Morgan fingerprint density at radius 1 is 1.44 bits per heavy atom. The van der Waals surface area contributed by atoms with Gasteiger partial charge < -0.3 is 16.0 Å². The van der Waals surface area contributed by atoms with E-state index in [1.165, 1.54) is 6.07 Å². The van der Waals surface area contributed by atoms with E-state index in [9.17, 15) is 13.6 Å². The Balaban J connectivity index is 2.82. The minimum absolute atomic E-state index is 0.0748. The largest absolute Gasteiger partial charge is 0.395 e. The van der Waals surface area contributed by atoms with Gasteiger partial charge in [-0.05, 0) is 26.2 Å². The van der Waals surface area contributed by atoms with E-state index in [1.54, 1.807) is 19.0 Å². The van der Waals surface area contributed by atoms with Crippen LogP contribution >= 0.6 is 0 Å². The molecule has 0 saturated carbocycles. The SMILES string of the molecule is CN(C)CC(=O)Nc1ccc(F)c(F)c1N. The fourth-order valence-electron chi connectivity index (χ4n) is 1.15. The van der Waals surface area contributed by atoms with Crippen molar-refractivity contribution in [1.29, 1.82) is 0 Å². The molecule has 0 radical (unpaired) electrons. The first kappa shape index (κ1) is 12.4. The zero-order valence-electron chi connectivity index (χ0n) is 9.05. The van der Waals surface area contributed by atoms with Gasteiger partial charge in [0.15, 0.2) is 11.6 Å². The number of carbonyl (C=O) groups is 1. The van der Waals surface area contributed by atoms with Gasteiger partial charge in [0.05, 0.1) is 17.9 Å². The van der Waals surface area contributed by atoms with E-state index in [-0.39, 0.29) is 18.1 Å². The predicted molar refractivity (Wildman–Crippen MR) is 58.0 cm³/mol. The molecule has 16 heavy (non-hydrogen) atoms. The zero-order valence-corrected chi connectivity index (χ0v) is 9.05. The summed E-state index contributed by atoms with van der Waals surface area (Å²) in [5, 5.41) is 2.40. The molecule has 0 saturated heterocycles. The third-order valence-corrected chi connectivity index (χ3v) is 1.87. The molecule has 0 fully saturated rings. The fourth-order valence-corrected chi connectivity index (χ4v) is 1.15. The highest BCUT2D eigenvalue weighted by molar-refractivity contribution is 5.95. The number of anilines is 2. The van der Waals surface area contributed by atoms with Gasteiger partial charge in [-0.25, -0.2) is 8.78 Å². The Morgan fingerprint density at radius 2 is 2.06 bits per heavy atom. The number of nitrogens with zero attached hydrogens (tertiary/aromatic N) is 1. The van der Waals surface area contributed by atoms with Gasteiger partial charge in [-0.2, -0.15) is 0 Å². The number of nitrogen functional groups attached to an aromatic ring is 1. The van der Waals surface area contributed by atoms with E-state index in [0.29, 0.717) is 0 Å². The van der Waals surface area contributed by atoms with Crippen molar-refractivity contribution in [2.75, 3.05) is 31.7 Å². The summed E-state index contributed by atoms with van der Waals surface area (Å²) in [5.41, 5.74) is 5.00. The van der Waals surface area contributed by atoms with Crippen LogP contribution in [0.3, 0.4) is 0 Å². The molecule has 0 unspecified atom stereocenters. The van der Waals surface area contributed by atoms with Crippen LogP contribution < -0.4 is 11.1 Å². The van der Waals surface area contributed by atoms with Gasteiger partial charge in [0.1, 0.15) is 0 Å². The molecule has 0 bridgehead atoms. The molecular formula is C10H13F2N3O. The zero-order chi connectivity index (χ0) is 12.3. The molecule has 0 aliphatic heterocycles. The van der Waals surface area contributed by atoms with Crippen LogP contribution in [0.4, 0.5) is 20.2 Å². The van der Waals surface area contributed by atoms with Crippen LogP contribution in [0, 0.1) is 11.6 Å². The molecule has 0 atom stereocenters. The normalized spacial score (nSPS) is 10.6. The Morgan fingerprint density at radius 3 is 2.62 bits per heavy atom. The van der Waals surface area contributed by atoms with Crippen molar-refractivity contribution < 1.29 is 13.6 Å². The molecule has 0 aromatic heterocycles. The van der Waals surface area contributed by atoms with E-state index >= 15 is 0 Å². The molecule has 3 N–H and O–H groups in total. The van der Waals surface area contributed by atoms with Crippen molar-refractivity contribution in [2.24, 2.45) is 0 Å². The van der Waals surface area contributed by atoms with Crippen LogP contribution in [0.1, 0.15) is 0 Å². The van der Waals surface area contributed by atoms with Crippen molar-refractivity contribution in [3.05, 3.63) is 23.8 Å². The summed E-state index contributed by atoms with van der Waals surface area (Å²) in [6.07, 6.45) is 0. The number of amides is 1. The third-order valence-electron chi connectivity index (χ3n) is 1.87. The highest BCUT2D eigenvalue weighted by Crippen LogP contribution is 2.23. The molecular weight excluding hydrogens is 216 g/mol. The lowest BCUT2D eigenvalue weighted by molar-refractivity contribution is -0.116. The molecule has 88 valence electrons. The third kappa shape index (κ3) is 2.90. The van der Waals surface area contributed by atoms with E-state index in [2.05, 4.69) is 5.32 Å². The first-order chi connectivity index (χ1) is 7.41. The van der Waals surface area contributed by atoms with Gasteiger partial charge in [-0.1, -0.05) is 0 Å². The Kier molecular flexibility index (Phi) is 3.78. The number of halogens is 2. The van der Waals surface area contributed by atoms with Gasteiger partial charge in [0.2, 0.25) is 5.91 Å². The summed E-state index contributed by atoms with van der Waals surface area (Å²) >= 11 is 0. The molecule has 0 aliphatic carbocycles. The van der Waals surface area contributed by atoms with Crippen LogP contribution in [0.15, 0.2) is 12.1 Å². The molecule has 1 rings (SSSR count). The molecule has 1 aromatic rings. The fraction of sp³-hybridized carbons (Fsp3) is 0.300. The maximum absolute atomic E-state index is 13.0. The summed E-state index contributed by atoms with van der Waals surface area (Å²) in [4.78, 5) is 13.0. The van der Waals surface area contributed by atoms with Crippen LogP contribution in [0.5, 0.6) is 0 Å². The Labute approximate surface area is 92.0 Å². The van der Waals surface area contributed by atoms with E-state index < -0.39 is 17.3 Å². The molecule has 0 aliphatic rings. The average molecular weight is 229 g/mol. The maximum atomic E-state index is 13.0. The number of hydrogen-bond donors (Lipinski definition) is 2. The lowest BCUT2D eigenvalue weighted by Gasteiger charge is -2.12. The second kappa shape index (κ2) is 4.89. The molecule has 0 spiro atoms. The molecule has 1 aromatic carbocycles. The predicted octanol–water partition coefficient (Wildman–Crippen LogP) is 1.05. The van der Waals surface area contributed by atoms with E-state index in [4.69, 9.17) is 5.73 Å². The monoisotopic (exact) mass is 229 g/mol. The average Bonchev–Trinajstić information content (AvgIpc) is 2.18. The number of hydrogen-bond acceptors (Lipinski definition) is 3. The standard InChI is InChI=1S/C10H13F2N3O/c1-15(2)5-8(16)14-7-4-3-6(11)9(12)10(7)13/h3-4H,5,13H2,1-2H3,(H,14,16). The number of benzene rings is 1. The van der Waals surface area contributed by atoms with E-state index in [1.807, 2.05) is 0 Å². The molecule has 1 amide bonds. The summed E-state index contributed by atoms with van der Waals surface area (Å²) in [5.74, 6) is -2.53. The second-order valence-corrected chi connectivity index (χ2v) is 3.61. The molecule has 0 heterocycles. The van der Waals surface area contributed by atoms with Crippen molar-refractivity contribution in [1.82, 2.24) is 4.90 Å². The lowest BCUT2D eigenvalue weighted by Crippen LogP contribution is -2.27. The van der Waals surface area contributed by atoms with Crippen molar-refractivity contribution in [2.45, 2.75) is 0 Å². The van der Waals surface area contributed by atoms with Crippen molar-refractivity contribution in [3.8, 4) is 0 Å². The summed E-state index contributed by atoms with van der Waals surface area (Å²) in [7, 11) is 3.43. The van der Waals surface area contributed by atoms with Crippen LogP contribution in [-0.4, -0.2) is 31.4 Å². The number of rotatable bonds is 3. The first-order valence-electron chi connectivity index (χ1n) is 4.60. The maximum Gasteiger partial charge on any atom is 0.238 e. The minimum Gasteiger partial charge on any atom is -0.395 e. The second-order valence-electron chi connectivity index (χ2n) is 3.61. The molecule has 4 nitrogen and oxygen atoms in total. The topological polar surface area (TPSA) is 58.4 Å². The van der Waals surface area contributed by atoms with Crippen molar-refractivity contribution in [3.63, 3.8) is 0 Å². The number of likely N-dealkylation sites (N-methyl/N-ethyl adjacent to an activating group) is 1. The quantitative estimate of drug-likeness (QED) is 0.761. The van der Waals surface area contributed by atoms with Crippen LogP contribution in [0.2, 0.25) is 0 Å². The molecule has 6 heteroatoms. The Hall–Kier alpha value is -1.69. The van der Waals surface area contributed by atoms with Gasteiger partial charge in [-0.3, -0.25) is 4.79 Å². The lowest BCUT2D eigenvalue weighted by atomic mass is 10.2. The highest BCUT2D eigenvalue weighted by Gasteiger charge is 2.12. The highest BCUT2D eigenvalue weighted by atomic mass is 19.2. The van der Waals surface area contributed by atoms with Crippen molar-refractivity contribution >= 4 is 17.3 Å². The summed E-state index contributed by atoms with van der Waals surface area (Å²) in [6.45, 7) is 0.137. The van der Waals surface area contributed by atoms with Gasteiger partial charge in [0, 0.05) is 0 Å². The number of nitrogens with one attached hydrogen (secondary N) is 1. The van der Waals surface area contributed by atoms with E-state index in [0.717, 1.165) is 6.07 Å². The van der Waals surface area contributed by atoms with Gasteiger partial charge in [0.25, 0.3) is 0 Å². The smallest absolute Gasteiger partial charge is 0.238 e. The van der Waals surface area contributed by atoms with Gasteiger partial charge >= 0.3 is 0 Å². The number of carbonyl (C=O) groups excluding carboxylic acids is 1.